The third-order valence-electron chi connectivity index (χ3n) is 3.48. The van der Waals surface area contributed by atoms with Crippen LogP contribution in [0.15, 0.2) is 52.3 Å². The molecule has 1 aromatic heterocycles. The average Bonchev–Trinajstić information content (AvgIpc) is 3.10. The number of benzene rings is 2. The van der Waals surface area contributed by atoms with Gasteiger partial charge < -0.3 is 4.74 Å². The van der Waals surface area contributed by atoms with Crippen LogP contribution in [0.2, 0.25) is 5.02 Å². The molecular formula is C19H12BrClN2OS. The van der Waals surface area contributed by atoms with E-state index >= 15 is 0 Å². The van der Waals surface area contributed by atoms with Gasteiger partial charge in [-0.05, 0) is 51.8 Å². The molecule has 124 valence electrons. The van der Waals surface area contributed by atoms with Crippen LogP contribution in [0.5, 0.6) is 5.75 Å². The molecule has 0 fully saturated rings. The van der Waals surface area contributed by atoms with Gasteiger partial charge in [0.15, 0.2) is 0 Å². The molecular weight excluding hydrogens is 420 g/mol. The maximum atomic E-state index is 9.52. The number of allylic oxidation sites excluding steroid dienone is 1. The van der Waals surface area contributed by atoms with Crippen molar-refractivity contribution in [1.29, 1.82) is 5.26 Å². The van der Waals surface area contributed by atoms with Gasteiger partial charge >= 0.3 is 0 Å². The van der Waals surface area contributed by atoms with Crippen molar-refractivity contribution >= 4 is 50.5 Å². The number of aromatic nitrogens is 1. The molecule has 3 aromatic rings. The Morgan fingerprint density at radius 2 is 2.04 bits per heavy atom. The predicted molar refractivity (Wildman–Crippen MR) is 107 cm³/mol. The van der Waals surface area contributed by atoms with Gasteiger partial charge in [0.2, 0.25) is 0 Å². The molecule has 0 atom stereocenters. The Morgan fingerprint density at radius 3 is 2.68 bits per heavy atom. The van der Waals surface area contributed by atoms with Crippen LogP contribution in [0.4, 0.5) is 0 Å². The van der Waals surface area contributed by atoms with E-state index in [2.05, 4.69) is 27.0 Å². The fourth-order valence-electron chi connectivity index (χ4n) is 2.23. The molecule has 0 saturated heterocycles. The Morgan fingerprint density at radius 1 is 1.28 bits per heavy atom. The van der Waals surface area contributed by atoms with E-state index in [0.717, 1.165) is 27.0 Å². The minimum atomic E-state index is 0.516. The van der Waals surface area contributed by atoms with Crippen LogP contribution >= 0.6 is 38.9 Å². The van der Waals surface area contributed by atoms with Crippen LogP contribution < -0.4 is 4.74 Å². The quantitative estimate of drug-likeness (QED) is 0.455. The number of methoxy groups -OCH3 is 1. The SMILES string of the molecule is COc1ccc(/C=C(\C#N)c2nc(-c3ccc(Cl)cc3)cs2)cc1Br. The van der Waals surface area contributed by atoms with Crippen LogP contribution in [0.1, 0.15) is 10.6 Å². The van der Waals surface area contributed by atoms with Crippen molar-refractivity contribution in [2.75, 3.05) is 7.11 Å². The summed E-state index contributed by atoms with van der Waals surface area (Å²) in [6, 6.07) is 15.4. The third-order valence-corrected chi connectivity index (χ3v) is 5.23. The van der Waals surface area contributed by atoms with Gasteiger partial charge in [0.1, 0.15) is 16.8 Å². The van der Waals surface area contributed by atoms with Crippen molar-refractivity contribution in [3.8, 4) is 23.1 Å². The Labute approximate surface area is 163 Å². The molecule has 0 aliphatic heterocycles. The van der Waals surface area contributed by atoms with Crippen molar-refractivity contribution in [1.82, 2.24) is 4.98 Å². The van der Waals surface area contributed by atoms with E-state index in [0.29, 0.717) is 15.6 Å². The van der Waals surface area contributed by atoms with Gasteiger partial charge in [0, 0.05) is 16.0 Å². The minimum Gasteiger partial charge on any atom is -0.496 e. The van der Waals surface area contributed by atoms with Gasteiger partial charge in [-0.2, -0.15) is 5.26 Å². The molecule has 0 aliphatic carbocycles. The average molecular weight is 432 g/mol. The summed E-state index contributed by atoms with van der Waals surface area (Å²) in [7, 11) is 1.62. The number of hydrogen-bond donors (Lipinski definition) is 0. The van der Waals surface area contributed by atoms with E-state index in [-0.39, 0.29) is 0 Å². The van der Waals surface area contributed by atoms with Crippen LogP contribution in [-0.2, 0) is 0 Å². The fraction of sp³-hybridized carbons (Fsp3) is 0.0526. The molecule has 0 amide bonds. The lowest BCUT2D eigenvalue weighted by Crippen LogP contribution is -1.86. The molecule has 0 radical (unpaired) electrons. The predicted octanol–water partition coefficient (Wildman–Crippen LogP) is 6.30. The number of nitrogens with zero attached hydrogens (tertiary/aromatic N) is 2. The molecule has 25 heavy (non-hydrogen) atoms. The number of rotatable bonds is 4. The van der Waals surface area contributed by atoms with E-state index in [1.807, 2.05) is 53.9 Å². The maximum absolute atomic E-state index is 9.52. The van der Waals surface area contributed by atoms with Crippen molar-refractivity contribution < 1.29 is 4.74 Å². The maximum Gasteiger partial charge on any atom is 0.134 e. The number of ether oxygens (including phenoxy) is 1. The summed E-state index contributed by atoms with van der Waals surface area (Å²) in [6.45, 7) is 0. The van der Waals surface area contributed by atoms with Crippen LogP contribution in [0.3, 0.4) is 0 Å². The number of halogens is 2. The molecule has 1 heterocycles. The zero-order valence-corrected chi connectivity index (χ0v) is 16.3. The zero-order chi connectivity index (χ0) is 17.8. The second-order valence-electron chi connectivity index (χ2n) is 5.11. The first-order chi connectivity index (χ1) is 12.1. The lowest BCUT2D eigenvalue weighted by atomic mass is 10.1. The Bertz CT molecular complexity index is 974. The van der Waals surface area contributed by atoms with Crippen molar-refractivity contribution in [3.05, 3.63) is 67.9 Å². The summed E-state index contributed by atoms with van der Waals surface area (Å²) in [6.07, 6.45) is 1.81. The smallest absolute Gasteiger partial charge is 0.134 e. The molecule has 0 saturated carbocycles. The topological polar surface area (TPSA) is 45.9 Å². The van der Waals surface area contributed by atoms with E-state index in [4.69, 9.17) is 16.3 Å². The molecule has 0 aliphatic rings. The Kier molecular flexibility index (Phi) is 5.54. The highest BCUT2D eigenvalue weighted by atomic mass is 79.9. The molecule has 0 N–H and O–H groups in total. The molecule has 6 heteroatoms. The Balaban J connectivity index is 1.92. The van der Waals surface area contributed by atoms with E-state index < -0.39 is 0 Å². The number of thiazole rings is 1. The first kappa shape index (κ1) is 17.7. The molecule has 2 aromatic carbocycles. The molecule has 0 bridgehead atoms. The number of hydrogen-bond acceptors (Lipinski definition) is 4. The van der Waals surface area contributed by atoms with Crippen molar-refractivity contribution in [2.24, 2.45) is 0 Å². The first-order valence-electron chi connectivity index (χ1n) is 7.28. The summed E-state index contributed by atoms with van der Waals surface area (Å²) in [5.74, 6) is 0.745. The van der Waals surface area contributed by atoms with E-state index in [1.165, 1.54) is 11.3 Å². The lowest BCUT2D eigenvalue weighted by Gasteiger charge is -2.03. The highest BCUT2D eigenvalue weighted by molar-refractivity contribution is 9.10. The minimum absolute atomic E-state index is 0.516. The zero-order valence-electron chi connectivity index (χ0n) is 13.2. The summed E-state index contributed by atoms with van der Waals surface area (Å²) >= 11 is 10.8. The van der Waals surface area contributed by atoms with Crippen molar-refractivity contribution in [2.45, 2.75) is 0 Å². The second-order valence-corrected chi connectivity index (χ2v) is 7.26. The molecule has 0 spiro atoms. The molecule has 0 unspecified atom stereocenters. The Hall–Kier alpha value is -2.13. The van der Waals surface area contributed by atoms with E-state index in [1.54, 1.807) is 7.11 Å². The largest absolute Gasteiger partial charge is 0.496 e. The van der Waals surface area contributed by atoms with Gasteiger partial charge in [-0.15, -0.1) is 11.3 Å². The highest BCUT2D eigenvalue weighted by Crippen LogP contribution is 2.30. The third kappa shape index (κ3) is 4.10. The van der Waals surface area contributed by atoms with Crippen molar-refractivity contribution in [3.63, 3.8) is 0 Å². The standard InChI is InChI=1S/C19H12BrClN2OS/c1-24-18-7-2-12(9-16(18)20)8-14(10-22)19-23-17(11-25-19)13-3-5-15(21)6-4-13/h2-9,11H,1H3/b14-8+. The van der Waals surface area contributed by atoms with Crippen LogP contribution in [-0.4, -0.2) is 12.1 Å². The van der Waals surface area contributed by atoms with Gasteiger partial charge in [-0.25, -0.2) is 4.98 Å². The number of nitriles is 1. The monoisotopic (exact) mass is 430 g/mol. The van der Waals surface area contributed by atoms with Gasteiger partial charge in [0.25, 0.3) is 0 Å². The van der Waals surface area contributed by atoms with Crippen LogP contribution in [0.25, 0.3) is 22.9 Å². The summed E-state index contributed by atoms with van der Waals surface area (Å²) in [5, 5.41) is 12.8. The highest BCUT2D eigenvalue weighted by Gasteiger charge is 2.10. The second kappa shape index (κ2) is 7.83. The summed E-state index contributed by atoms with van der Waals surface area (Å²) in [5.41, 5.74) is 3.21. The fourth-order valence-corrected chi connectivity index (χ4v) is 3.71. The summed E-state index contributed by atoms with van der Waals surface area (Å²) < 4.78 is 6.06. The lowest BCUT2D eigenvalue weighted by molar-refractivity contribution is 0.412. The first-order valence-corrected chi connectivity index (χ1v) is 9.33. The van der Waals surface area contributed by atoms with Gasteiger partial charge in [-0.3, -0.25) is 0 Å². The molecule has 3 nitrogen and oxygen atoms in total. The molecule has 3 rings (SSSR count). The van der Waals surface area contributed by atoms with Gasteiger partial charge in [0.05, 0.1) is 22.8 Å². The van der Waals surface area contributed by atoms with Gasteiger partial charge in [-0.1, -0.05) is 29.8 Å². The normalized spacial score (nSPS) is 11.2. The van der Waals surface area contributed by atoms with E-state index in [9.17, 15) is 5.26 Å². The summed E-state index contributed by atoms with van der Waals surface area (Å²) in [4.78, 5) is 4.58. The van der Waals surface area contributed by atoms with Crippen LogP contribution in [0, 0.1) is 11.3 Å².